The van der Waals surface area contributed by atoms with Gasteiger partial charge in [-0.1, -0.05) is 104 Å². The second kappa shape index (κ2) is 20.3. The average Bonchev–Trinajstić information content (AvgIpc) is 2.65. The summed E-state index contributed by atoms with van der Waals surface area (Å²) >= 11 is 0. The molecule has 0 aliphatic heterocycles. The first kappa shape index (κ1) is 25.0. The Hall–Kier alpha value is -0.990. The Morgan fingerprint density at radius 3 is 1.62 bits per heavy atom. The first-order valence-electron chi connectivity index (χ1n) is 11.3. The number of esters is 1. The van der Waals surface area contributed by atoms with Gasteiger partial charge in [-0.15, -0.1) is 0 Å². The fourth-order valence-corrected chi connectivity index (χ4v) is 3.08. The number of rotatable bonds is 19. The second-order valence-electron chi connectivity index (χ2n) is 7.46. The van der Waals surface area contributed by atoms with Gasteiger partial charge >= 0.3 is 5.97 Å². The van der Waals surface area contributed by atoms with Gasteiger partial charge in [0.15, 0.2) is 5.76 Å². The first-order chi connectivity index (χ1) is 12.7. The molecule has 3 heteroatoms. The van der Waals surface area contributed by atoms with Gasteiger partial charge in [0.25, 0.3) is 0 Å². The number of carbonyl (C=O) groups excluding carboxylic acids is 1. The lowest BCUT2D eigenvalue weighted by Gasteiger charge is -2.05. The molecule has 0 amide bonds. The van der Waals surface area contributed by atoms with Crippen LogP contribution >= 0.6 is 0 Å². The van der Waals surface area contributed by atoms with Crippen LogP contribution in [0, 0.1) is 0 Å². The molecule has 0 aromatic carbocycles. The van der Waals surface area contributed by atoms with E-state index in [9.17, 15) is 9.90 Å². The highest BCUT2D eigenvalue weighted by molar-refractivity contribution is 5.85. The van der Waals surface area contributed by atoms with Crippen molar-refractivity contribution in [3.05, 3.63) is 11.8 Å². The third-order valence-electron chi connectivity index (χ3n) is 4.84. The predicted octanol–water partition coefficient (Wildman–Crippen LogP) is 7.64. The number of unbranched alkanes of at least 4 members (excludes halogenated alkanes) is 15. The Morgan fingerprint density at radius 1 is 0.692 bits per heavy atom. The quantitative estimate of drug-likeness (QED) is 0.110. The van der Waals surface area contributed by atoms with E-state index < -0.39 is 5.97 Å². The molecule has 0 aliphatic rings. The smallest absolute Gasteiger partial charge is 0.373 e. The van der Waals surface area contributed by atoms with Crippen LogP contribution in [-0.2, 0) is 9.53 Å². The van der Waals surface area contributed by atoms with Crippen molar-refractivity contribution in [2.45, 2.75) is 123 Å². The third kappa shape index (κ3) is 17.8. The molecule has 0 radical (unpaired) electrons. The lowest BCUT2D eigenvalue weighted by Crippen LogP contribution is -2.08. The SMILES string of the molecule is CCCCCCCCCCC=C(O)C(=O)OCCCCCCCCCC. The molecule has 26 heavy (non-hydrogen) atoms. The molecule has 0 rings (SSSR count). The zero-order valence-electron chi connectivity index (χ0n) is 17.6. The molecular formula is C23H44O3. The zero-order valence-corrected chi connectivity index (χ0v) is 17.6. The van der Waals surface area contributed by atoms with E-state index in [1.54, 1.807) is 6.08 Å². The van der Waals surface area contributed by atoms with Gasteiger partial charge in [-0.05, 0) is 25.3 Å². The summed E-state index contributed by atoms with van der Waals surface area (Å²) in [5.41, 5.74) is 0. The highest BCUT2D eigenvalue weighted by atomic mass is 16.5. The summed E-state index contributed by atoms with van der Waals surface area (Å²) in [7, 11) is 0. The topological polar surface area (TPSA) is 46.5 Å². The minimum atomic E-state index is -0.562. The maximum atomic E-state index is 11.7. The van der Waals surface area contributed by atoms with E-state index in [4.69, 9.17) is 4.74 Å². The molecular weight excluding hydrogens is 324 g/mol. The summed E-state index contributed by atoms with van der Waals surface area (Å²) in [5, 5.41) is 9.73. The lowest BCUT2D eigenvalue weighted by atomic mass is 10.1. The van der Waals surface area contributed by atoms with Gasteiger partial charge in [0, 0.05) is 0 Å². The summed E-state index contributed by atoms with van der Waals surface area (Å²) in [4.78, 5) is 11.7. The van der Waals surface area contributed by atoms with Gasteiger partial charge in [0.05, 0.1) is 6.61 Å². The lowest BCUT2D eigenvalue weighted by molar-refractivity contribution is -0.142. The molecule has 0 saturated carbocycles. The van der Waals surface area contributed by atoms with E-state index in [0.717, 1.165) is 25.7 Å². The van der Waals surface area contributed by atoms with E-state index in [-0.39, 0.29) is 5.76 Å². The van der Waals surface area contributed by atoms with Gasteiger partial charge in [-0.25, -0.2) is 4.79 Å². The van der Waals surface area contributed by atoms with E-state index in [1.165, 1.54) is 83.5 Å². The van der Waals surface area contributed by atoms with E-state index in [2.05, 4.69) is 13.8 Å². The molecule has 154 valence electrons. The maximum absolute atomic E-state index is 11.7. The highest BCUT2D eigenvalue weighted by Gasteiger charge is 2.08. The molecule has 1 N–H and O–H groups in total. The maximum Gasteiger partial charge on any atom is 0.373 e. The van der Waals surface area contributed by atoms with Crippen molar-refractivity contribution in [1.29, 1.82) is 0 Å². The van der Waals surface area contributed by atoms with Gasteiger partial charge in [0.2, 0.25) is 0 Å². The molecule has 0 aromatic heterocycles. The van der Waals surface area contributed by atoms with Gasteiger partial charge in [-0.3, -0.25) is 0 Å². The van der Waals surface area contributed by atoms with Crippen molar-refractivity contribution < 1.29 is 14.6 Å². The van der Waals surface area contributed by atoms with E-state index in [1.807, 2.05) is 0 Å². The van der Waals surface area contributed by atoms with Crippen LogP contribution in [0.15, 0.2) is 11.8 Å². The van der Waals surface area contributed by atoms with Crippen molar-refractivity contribution in [2.24, 2.45) is 0 Å². The molecule has 0 spiro atoms. The minimum absolute atomic E-state index is 0.215. The first-order valence-corrected chi connectivity index (χ1v) is 11.3. The normalized spacial score (nSPS) is 11.7. The molecule has 0 aromatic rings. The number of allylic oxidation sites excluding steroid dienone is 1. The summed E-state index contributed by atoms with van der Waals surface area (Å²) < 4.78 is 5.12. The number of aliphatic hydroxyl groups excluding tert-OH is 1. The van der Waals surface area contributed by atoms with Crippen LogP contribution in [0.3, 0.4) is 0 Å². The van der Waals surface area contributed by atoms with Crippen LogP contribution < -0.4 is 0 Å². The highest BCUT2D eigenvalue weighted by Crippen LogP contribution is 2.11. The second-order valence-corrected chi connectivity index (χ2v) is 7.46. The third-order valence-corrected chi connectivity index (χ3v) is 4.84. The zero-order chi connectivity index (χ0) is 19.3. The molecule has 0 aliphatic carbocycles. The van der Waals surface area contributed by atoms with Gasteiger partial charge in [-0.2, -0.15) is 0 Å². The van der Waals surface area contributed by atoms with Crippen LogP contribution in [0.5, 0.6) is 0 Å². The largest absolute Gasteiger partial charge is 0.502 e. The minimum Gasteiger partial charge on any atom is -0.502 e. The summed E-state index contributed by atoms with van der Waals surface area (Å²) in [6.45, 7) is 4.89. The van der Waals surface area contributed by atoms with Crippen LogP contribution in [-0.4, -0.2) is 17.7 Å². The Kier molecular flexibility index (Phi) is 19.5. The summed E-state index contributed by atoms with van der Waals surface area (Å²) in [6, 6.07) is 0. The summed E-state index contributed by atoms with van der Waals surface area (Å²) in [6.07, 6.45) is 22.2. The number of carbonyl (C=O) groups is 1. The Bertz CT molecular complexity index is 336. The predicted molar refractivity (Wildman–Crippen MR) is 112 cm³/mol. The number of aliphatic hydroxyl groups is 1. The van der Waals surface area contributed by atoms with Crippen molar-refractivity contribution in [1.82, 2.24) is 0 Å². The standard InChI is InChI=1S/C23H44O3/c1-3-5-7-9-11-13-14-16-18-20-22(24)23(25)26-21-19-17-15-12-10-8-6-4-2/h20,24H,3-19,21H2,1-2H3. The molecule has 0 saturated heterocycles. The average molecular weight is 369 g/mol. The Balaban J connectivity index is 3.45. The van der Waals surface area contributed by atoms with Crippen LogP contribution in [0.4, 0.5) is 0 Å². The molecule has 0 atom stereocenters. The van der Waals surface area contributed by atoms with Crippen molar-refractivity contribution in [3.63, 3.8) is 0 Å². The van der Waals surface area contributed by atoms with Crippen LogP contribution in [0.1, 0.15) is 123 Å². The van der Waals surface area contributed by atoms with Gasteiger partial charge in [0.1, 0.15) is 0 Å². The number of hydrogen-bond donors (Lipinski definition) is 1. The number of ether oxygens (including phenoxy) is 1. The molecule has 3 nitrogen and oxygen atoms in total. The monoisotopic (exact) mass is 368 g/mol. The molecule has 0 heterocycles. The van der Waals surface area contributed by atoms with Crippen molar-refractivity contribution in [2.75, 3.05) is 6.61 Å². The fraction of sp³-hybridized carbons (Fsp3) is 0.870. The fourth-order valence-electron chi connectivity index (χ4n) is 3.08. The van der Waals surface area contributed by atoms with E-state index in [0.29, 0.717) is 6.61 Å². The van der Waals surface area contributed by atoms with Crippen molar-refractivity contribution >= 4 is 5.97 Å². The van der Waals surface area contributed by atoms with Gasteiger partial charge < -0.3 is 9.84 Å². The Labute approximate surface area is 162 Å². The molecule has 0 fully saturated rings. The molecule has 0 unspecified atom stereocenters. The summed E-state index contributed by atoms with van der Waals surface area (Å²) in [5.74, 6) is -0.778. The Morgan fingerprint density at radius 2 is 1.12 bits per heavy atom. The van der Waals surface area contributed by atoms with Crippen LogP contribution in [0.25, 0.3) is 0 Å². The van der Waals surface area contributed by atoms with Crippen molar-refractivity contribution in [3.8, 4) is 0 Å². The molecule has 0 bridgehead atoms. The number of hydrogen-bond acceptors (Lipinski definition) is 3. The van der Waals surface area contributed by atoms with E-state index >= 15 is 0 Å². The van der Waals surface area contributed by atoms with Crippen LogP contribution in [0.2, 0.25) is 0 Å².